The normalized spacial score (nSPS) is 10.7. The van der Waals surface area contributed by atoms with E-state index >= 15 is 0 Å². The largest absolute Gasteiger partial charge is 0.480 e. The fraction of sp³-hybridized carbons (Fsp3) is 0.625. The van der Waals surface area contributed by atoms with Gasteiger partial charge >= 0.3 is 18.0 Å². The molecule has 0 rings (SSSR count). The van der Waals surface area contributed by atoms with Gasteiger partial charge in [0.2, 0.25) is 0 Å². The molecule has 0 atom stereocenters. The van der Waals surface area contributed by atoms with Gasteiger partial charge in [0.25, 0.3) is 0 Å². The molecule has 0 unspecified atom stereocenters. The lowest BCUT2D eigenvalue weighted by Crippen LogP contribution is -2.46. The number of carbonyl (C=O) groups is 3. The minimum Gasteiger partial charge on any atom is -0.480 e. The van der Waals surface area contributed by atoms with Crippen LogP contribution in [0.25, 0.3) is 0 Å². The summed E-state index contributed by atoms with van der Waals surface area (Å²) >= 11 is 0. The number of carbonyl (C=O) groups excluding carboxylic acids is 1. The third-order valence-electron chi connectivity index (χ3n) is 1.69. The van der Waals surface area contributed by atoms with Crippen LogP contribution in [-0.4, -0.2) is 73.1 Å². The zero-order chi connectivity index (χ0) is 14.3. The van der Waals surface area contributed by atoms with E-state index in [2.05, 4.69) is 5.32 Å². The molecule has 0 radical (unpaired) electrons. The summed E-state index contributed by atoms with van der Waals surface area (Å²) in [4.78, 5) is 32.8. The molecule has 0 saturated carbocycles. The summed E-state index contributed by atoms with van der Waals surface area (Å²) < 4.78 is 21.6. The number of carboxylic acids is 2. The van der Waals surface area contributed by atoms with E-state index in [1.54, 1.807) is 0 Å². The van der Waals surface area contributed by atoms with Crippen LogP contribution in [0.1, 0.15) is 0 Å². The fourth-order valence-corrected chi connectivity index (χ4v) is 1.45. The summed E-state index contributed by atoms with van der Waals surface area (Å²) in [6, 6.07) is -0.941. The van der Waals surface area contributed by atoms with Gasteiger partial charge in [-0.2, -0.15) is 0 Å². The molecule has 0 aliphatic rings. The highest BCUT2D eigenvalue weighted by molar-refractivity contribution is 7.90. The van der Waals surface area contributed by atoms with Crippen LogP contribution in [0.4, 0.5) is 4.79 Å². The summed E-state index contributed by atoms with van der Waals surface area (Å²) in [7, 11) is -3.26. The molecule has 0 spiro atoms. The quantitative estimate of drug-likeness (QED) is 0.500. The van der Waals surface area contributed by atoms with Gasteiger partial charge in [0.1, 0.15) is 22.9 Å². The maximum absolute atomic E-state index is 11.4. The van der Waals surface area contributed by atoms with Gasteiger partial charge in [-0.3, -0.25) is 9.59 Å². The molecular weight excluding hydrogens is 268 g/mol. The van der Waals surface area contributed by atoms with Crippen LogP contribution in [0.3, 0.4) is 0 Å². The second-order valence-corrected chi connectivity index (χ2v) is 5.77. The smallest absolute Gasteiger partial charge is 0.323 e. The molecule has 0 bridgehead atoms. The van der Waals surface area contributed by atoms with Gasteiger partial charge in [-0.25, -0.2) is 13.2 Å². The van der Waals surface area contributed by atoms with Crippen molar-refractivity contribution in [3.63, 3.8) is 0 Å². The first kappa shape index (κ1) is 16.2. The van der Waals surface area contributed by atoms with Crippen molar-refractivity contribution in [2.45, 2.75) is 0 Å². The van der Waals surface area contributed by atoms with E-state index in [0.29, 0.717) is 4.90 Å². The SMILES string of the molecule is CS(=O)(=O)CCNC(=O)N(CC(=O)O)CC(=O)O. The van der Waals surface area contributed by atoms with Crippen LogP contribution >= 0.6 is 0 Å². The Labute approximate surface area is 103 Å². The molecule has 9 nitrogen and oxygen atoms in total. The van der Waals surface area contributed by atoms with Gasteiger partial charge in [0.05, 0.1) is 5.75 Å². The first-order valence-electron chi connectivity index (χ1n) is 4.76. The van der Waals surface area contributed by atoms with Crippen LogP contribution < -0.4 is 5.32 Å². The van der Waals surface area contributed by atoms with E-state index in [4.69, 9.17) is 10.2 Å². The van der Waals surface area contributed by atoms with Gasteiger partial charge in [-0.15, -0.1) is 0 Å². The summed E-state index contributed by atoms with van der Waals surface area (Å²) in [5.41, 5.74) is 0. The van der Waals surface area contributed by atoms with Crippen molar-refractivity contribution in [2.75, 3.05) is 31.6 Å². The number of nitrogens with zero attached hydrogens (tertiary/aromatic N) is 1. The van der Waals surface area contributed by atoms with Crippen molar-refractivity contribution in [1.29, 1.82) is 0 Å². The number of carboxylic acid groups (broad SMARTS) is 2. The Balaban J connectivity index is 4.37. The lowest BCUT2D eigenvalue weighted by Gasteiger charge is -2.18. The molecular formula is C8H14N2O7S. The fourth-order valence-electron chi connectivity index (χ4n) is 0.981. The molecule has 0 aromatic carbocycles. The van der Waals surface area contributed by atoms with E-state index < -0.39 is 40.9 Å². The Morgan fingerprint density at radius 1 is 1.11 bits per heavy atom. The van der Waals surface area contributed by atoms with Gasteiger partial charge in [0, 0.05) is 12.8 Å². The number of hydrogen-bond donors (Lipinski definition) is 3. The van der Waals surface area contributed by atoms with Crippen LogP contribution in [0.15, 0.2) is 0 Å². The van der Waals surface area contributed by atoms with E-state index in [9.17, 15) is 22.8 Å². The molecule has 0 aromatic rings. The summed E-state index contributed by atoms with van der Waals surface area (Å²) in [5, 5.41) is 19.1. The minimum absolute atomic E-state index is 0.215. The van der Waals surface area contributed by atoms with Crippen LogP contribution in [-0.2, 0) is 19.4 Å². The Bertz CT molecular complexity index is 415. The molecule has 18 heavy (non-hydrogen) atoms. The Morgan fingerprint density at radius 3 is 1.89 bits per heavy atom. The highest BCUT2D eigenvalue weighted by Crippen LogP contribution is 1.90. The zero-order valence-corrected chi connectivity index (χ0v) is 10.4. The first-order chi connectivity index (χ1) is 8.11. The van der Waals surface area contributed by atoms with Crippen LogP contribution in [0.2, 0.25) is 0 Å². The number of urea groups is 1. The van der Waals surface area contributed by atoms with Gasteiger partial charge in [0.15, 0.2) is 0 Å². The number of amides is 2. The predicted octanol–water partition coefficient (Wildman–Crippen LogP) is -1.79. The van der Waals surface area contributed by atoms with Gasteiger partial charge in [-0.1, -0.05) is 0 Å². The molecule has 0 aromatic heterocycles. The predicted molar refractivity (Wildman–Crippen MR) is 60.0 cm³/mol. The number of nitrogens with one attached hydrogen (secondary N) is 1. The Kier molecular flexibility index (Phi) is 6.09. The molecule has 0 fully saturated rings. The van der Waals surface area contributed by atoms with Crippen molar-refractivity contribution < 1.29 is 33.0 Å². The topological polar surface area (TPSA) is 141 Å². The Morgan fingerprint density at radius 2 is 1.56 bits per heavy atom. The Hall–Kier alpha value is -1.84. The molecule has 104 valence electrons. The maximum atomic E-state index is 11.4. The maximum Gasteiger partial charge on any atom is 0.323 e. The average Bonchev–Trinajstić information content (AvgIpc) is 2.12. The minimum atomic E-state index is -3.26. The molecule has 3 N–H and O–H groups in total. The lowest BCUT2D eigenvalue weighted by molar-refractivity contribution is -0.140. The van der Waals surface area contributed by atoms with Crippen molar-refractivity contribution in [2.24, 2.45) is 0 Å². The number of rotatable bonds is 7. The second kappa shape index (κ2) is 6.79. The molecule has 2 amide bonds. The van der Waals surface area contributed by atoms with Gasteiger partial charge < -0.3 is 20.4 Å². The third kappa shape index (κ3) is 8.33. The highest BCUT2D eigenvalue weighted by Gasteiger charge is 2.19. The second-order valence-electron chi connectivity index (χ2n) is 3.51. The van der Waals surface area contributed by atoms with Crippen molar-refractivity contribution in [3.05, 3.63) is 0 Å². The van der Waals surface area contributed by atoms with Gasteiger partial charge in [-0.05, 0) is 0 Å². The number of hydrogen-bond acceptors (Lipinski definition) is 5. The average molecular weight is 282 g/mol. The van der Waals surface area contributed by atoms with Crippen molar-refractivity contribution >= 4 is 27.8 Å². The van der Waals surface area contributed by atoms with Crippen LogP contribution in [0.5, 0.6) is 0 Å². The number of aliphatic carboxylic acids is 2. The third-order valence-corrected chi connectivity index (χ3v) is 2.63. The van der Waals surface area contributed by atoms with Crippen molar-refractivity contribution in [3.8, 4) is 0 Å². The van der Waals surface area contributed by atoms with Crippen molar-refractivity contribution in [1.82, 2.24) is 10.2 Å². The lowest BCUT2D eigenvalue weighted by atomic mass is 10.5. The van der Waals surface area contributed by atoms with E-state index in [-0.39, 0.29) is 12.3 Å². The first-order valence-corrected chi connectivity index (χ1v) is 6.82. The highest BCUT2D eigenvalue weighted by atomic mass is 32.2. The van der Waals surface area contributed by atoms with E-state index in [1.807, 2.05) is 0 Å². The van der Waals surface area contributed by atoms with E-state index in [1.165, 1.54) is 0 Å². The zero-order valence-electron chi connectivity index (χ0n) is 9.62. The summed E-state index contributed by atoms with van der Waals surface area (Å²) in [6.07, 6.45) is 0.978. The molecule has 0 aliphatic carbocycles. The van der Waals surface area contributed by atoms with Crippen LogP contribution in [0, 0.1) is 0 Å². The number of sulfone groups is 1. The summed E-state index contributed by atoms with van der Waals surface area (Å²) in [5.74, 6) is -3.05. The monoisotopic (exact) mass is 282 g/mol. The molecule has 0 aliphatic heterocycles. The standard InChI is InChI=1S/C8H14N2O7S/c1-18(16,17)3-2-9-8(15)10(4-6(11)12)5-7(13)14/h2-5H2,1H3,(H,9,15)(H,11,12)(H,13,14). The summed E-state index contributed by atoms with van der Waals surface area (Å²) in [6.45, 7) is -1.78. The molecule has 0 heterocycles. The van der Waals surface area contributed by atoms with E-state index in [0.717, 1.165) is 6.26 Å². The molecule has 10 heteroatoms. The molecule has 0 saturated heterocycles.